The minimum atomic E-state index is -0.722. The molecule has 0 heterocycles. The van der Waals surface area contributed by atoms with Gasteiger partial charge in [0.25, 0.3) is 0 Å². The van der Waals surface area contributed by atoms with E-state index in [1.54, 1.807) is 30.3 Å². The number of aromatic hydroxyl groups is 1. The lowest BCUT2D eigenvalue weighted by Crippen LogP contribution is -2.30. The van der Waals surface area contributed by atoms with Crippen molar-refractivity contribution in [1.82, 2.24) is 0 Å². The van der Waals surface area contributed by atoms with Gasteiger partial charge in [0.05, 0.1) is 0 Å². The van der Waals surface area contributed by atoms with Gasteiger partial charge in [-0.25, -0.2) is 4.79 Å². The predicted molar refractivity (Wildman–Crippen MR) is 113 cm³/mol. The number of rotatable bonds is 6. The van der Waals surface area contributed by atoms with Gasteiger partial charge in [-0.05, 0) is 71.5 Å². The molecule has 140 valence electrons. The standard InChI is InChI=1S/C19H21BrINO4/c1-19(2,9-10-23)17(15-11-13(21)5-8-16(15)24)26-18(25)22-14-6-3-12(20)4-7-14/h3-8,11,17,23-24H,9-10H2,1-2H3,(H,22,25)/t17-/m0/s1. The molecule has 0 saturated heterocycles. The average Bonchev–Trinajstić information content (AvgIpc) is 2.57. The van der Waals surface area contributed by atoms with Gasteiger partial charge in [0, 0.05) is 31.3 Å². The van der Waals surface area contributed by atoms with Crippen LogP contribution >= 0.6 is 38.5 Å². The molecule has 3 N–H and O–H groups in total. The average molecular weight is 534 g/mol. The summed E-state index contributed by atoms with van der Waals surface area (Å²) < 4.78 is 7.51. The molecule has 0 aliphatic rings. The molecule has 0 unspecified atom stereocenters. The van der Waals surface area contributed by atoms with Gasteiger partial charge in [0.2, 0.25) is 0 Å². The highest BCUT2D eigenvalue weighted by Gasteiger charge is 2.35. The van der Waals surface area contributed by atoms with Gasteiger partial charge in [-0.3, -0.25) is 5.32 Å². The summed E-state index contributed by atoms with van der Waals surface area (Å²) in [7, 11) is 0. The summed E-state index contributed by atoms with van der Waals surface area (Å²) in [5.74, 6) is 0.0536. The molecule has 0 aliphatic heterocycles. The Balaban J connectivity index is 2.27. The fraction of sp³-hybridized carbons (Fsp3) is 0.316. The minimum absolute atomic E-state index is 0.0497. The van der Waals surface area contributed by atoms with Gasteiger partial charge in [0.15, 0.2) is 0 Å². The Morgan fingerprint density at radius 1 is 1.27 bits per heavy atom. The molecule has 1 atom stereocenters. The number of hydrogen-bond donors (Lipinski definition) is 3. The van der Waals surface area contributed by atoms with Crippen LogP contribution < -0.4 is 5.32 Å². The SMILES string of the molecule is CC(C)(CCO)[C@@H](OC(=O)Nc1ccc(Br)cc1)c1cc(I)ccc1O. The second-order valence-corrected chi connectivity index (χ2v) is 8.74. The lowest BCUT2D eigenvalue weighted by molar-refractivity contribution is 0.0138. The summed E-state index contributed by atoms with van der Waals surface area (Å²) in [6.07, 6.45) is -0.935. The number of benzene rings is 2. The van der Waals surface area contributed by atoms with Gasteiger partial charge >= 0.3 is 6.09 Å². The first kappa shape index (κ1) is 21.0. The summed E-state index contributed by atoms with van der Waals surface area (Å²) in [5, 5.41) is 22.4. The largest absolute Gasteiger partial charge is 0.508 e. The zero-order chi connectivity index (χ0) is 19.3. The Hall–Kier alpha value is -1.32. The topological polar surface area (TPSA) is 78.8 Å². The maximum absolute atomic E-state index is 12.4. The molecule has 0 saturated carbocycles. The van der Waals surface area contributed by atoms with Crippen LogP contribution in [0, 0.1) is 8.99 Å². The molecule has 26 heavy (non-hydrogen) atoms. The van der Waals surface area contributed by atoms with Crippen LogP contribution in [0.2, 0.25) is 0 Å². The summed E-state index contributed by atoms with van der Waals surface area (Å²) in [6, 6.07) is 12.3. The number of carbonyl (C=O) groups is 1. The monoisotopic (exact) mass is 533 g/mol. The molecule has 0 spiro atoms. The molecule has 5 nitrogen and oxygen atoms in total. The molecule has 0 aromatic heterocycles. The number of ether oxygens (including phenoxy) is 1. The highest BCUT2D eigenvalue weighted by Crippen LogP contribution is 2.43. The molecular weight excluding hydrogens is 513 g/mol. The highest BCUT2D eigenvalue weighted by molar-refractivity contribution is 14.1. The first-order valence-corrected chi connectivity index (χ1v) is 9.92. The van der Waals surface area contributed by atoms with Crippen molar-refractivity contribution in [3.63, 3.8) is 0 Å². The maximum atomic E-state index is 12.4. The molecule has 0 aliphatic carbocycles. The molecule has 0 bridgehead atoms. The van der Waals surface area contributed by atoms with E-state index in [0.29, 0.717) is 17.7 Å². The van der Waals surface area contributed by atoms with Crippen LogP contribution in [-0.2, 0) is 4.74 Å². The Morgan fingerprint density at radius 3 is 2.54 bits per heavy atom. The molecule has 1 amide bonds. The van der Waals surface area contributed by atoms with Gasteiger partial charge in [0.1, 0.15) is 11.9 Å². The zero-order valence-corrected chi connectivity index (χ0v) is 18.2. The Bertz CT molecular complexity index is 765. The van der Waals surface area contributed by atoms with Crippen LogP contribution in [0.25, 0.3) is 0 Å². The lowest BCUT2D eigenvalue weighted by Gasteiger charge is -2.34. The van der Waals surface area contributed by atoms with E-state index in [0.717, 1.165) is 8.04 Å². The second kappa shape index (κ2) is 9.05. The number of aliphatic hydroxyl groups excluding tert-OH is 1. The van der Waals surface area contributed by atoms with E-state index in [2.05, 4.69) is 43.8 Å². The van der Waals surface area contributed by atoms with Crippen molar-refractivity contribution in [1.29, 1.82) is 0 Å². The van der Waals surface area contributed by atoms with Crippen LogP contribution in [0.15, 0.2) is 46.9 Å². The molecule has 2 aromatic rings. The van der Waals surface area contributed by atoms with Crippen molar-refractivity contribution < 1.29 is 19.7 Å². The third-order valence-corrected chi connectivity index (χ3v) is 5.25. The van der Waals surface area contributed by atoms with E-state index in [9.17, 15) is 15.0 Å². The fourth-order valence-corrected chi connectivity index (χ4v) is 3.37. The van der Waals surface area contributed by atoms with Gasteiger partial charge in [-0.2, -0.15) is 0 Å². The molecule has 2 aromatic carbocycles. The van der Waals surface area contributed by atoms with Crippen molar-refractivity contribution in [2.75, 3.05) is 11.9 Å². The Kier molecular flexibility index (Phi) is 7.31. The third kappa shape index (κ3) is 5.59. The number of amides is 1. The summed E-state index contributed by atoms with van der Waals surface area (Å²) >= 11 is 5.48. The first-order chi connectivity index (χ1) is 12.2. The van der Waals surface area contributed by atoms with Crippen LogP contribution in [0.4, 0.5) is 10.5 Å². The minimum Gasteiger partial charge on any atom is -0.508 e. The fourth-order valence-electron chi connectivity index (χ4n) is 2.59. The predicted octanol–water partition coefficient (Wildman–Crippen LogP) is 5.46. The van der Waals surface area contributed by atoms with Gasteiger partial charge < -0.3 is 14.9 Å². The number of nitrogens with one attached hydrogen (secondary N) is 1. The Labute approximate surface area is 175 Å². The van der Waals surface area contributed by atoms with E-state index in [4.69, 9.17) is 4.74 Å². The molecule has 2 rings (SSSR count). The van der Waals surface area contributed by atoms with Crippen molar-refractivity contribution >= 4 is 50.3 Å². The van der Waals surface area contributed by atoms with E-state index < -0.39 is 17.6 Å². The number of phenolic OH excluding ortho intramolecular Hbond substituents is 1. The van der Waals surface area contributed by atoms with Gasteiger partial charge in [-0.1, -0.05) is 29.8 Å². The van der Waals surface area contributed by atoms with Crippen molar-refractivity contribution in [3.8, 4) is 5.75 Å². The van der Waals surface area contributed by atoms with Crippen molar-refractivity contribution in [3.05, 3.63) is 56.1 Å². The second-order valence-electron chi connectivity index (χ2n) is 6.58. The number of anilines is 1. The molecule has 0 radical (unpaired) electrons. The first-order valence-electron chi connectivity index (χ1n) is 8.05. The Morgan fingerprint density at radius 2 is 1.92 bits per heavy atom. The zero-order valence-electron chi connectivity index (χ0n) is 14.5. The molecule has 0 fully saturated rings. The van der Waals surface area contributed by atoms with Crippen LogP contribution in [0.3, 0.4) is 0 Å². The lowest BCUT2D eigenvalue weighted by atomic mass is 9.79. The highest BCUT2D eigenvalue weighted by atomic mass is 127. The molecule has 7 heteroatoms. The van der Waals surface area contributed by atoms with E-state index in [1.807, 2.05) is 26.0 Å². The smallest absolute Gasteiger partial charge is 0.412 e. The van der Waals surface area contributed by atoms with Crippen molar-refractivity contribution in [2.24, 2.45) is 5.41 Å². The number of halogens is 2. The molecular formula is C19H21BrINO4. The van der Waals surface area contributed by atoms with Crippen LogP contribution in [0.5, 0.6) is 5.75 Å². The van der Waals surface area contributed by atoms with Gasteiger partial charge in [-0.15, -0.1) is 0 Å². The van der Waals surface area contributed by atoms with E-state index >= 15 is 0 Å². The summed E-state index contributed by atoms with van der Waals surface area (Å²) in [5.41, 5.74) is 0.540. The van der Waals surface area contributed by atoms with E-state index in [1.165, 1.54) is 0 Å². The number of carbonyl (C=O) groups excluding carboxylic acids is 1. The normalized spacial score (nSPS) is 12.5. The third-order valence-electron chi connectivity index (χ3n) is 4.05. The number of phenols is 1. The quantitative estimate of drug-likeness (QED) is 0.431. The summed E-state index contributed by atoms with van der Waals surface area (Å²) in [4.78, 5) is 12.4. The van der Waals surface area contributed by atoms with Crippen LogP contribution in [0.1, 0.15) is 31.9 Å². The van der Waals surface area contributed by atoms with E-state index in [-0.39, 0.29) is 12.4 Å². The summed E-state index contributed by atoms with van der Waals surface area (Å²) in [6.45, 7) is 3.73. The maximum Gasteiger partial charge on any atom is 0.412 e. The van der Waals surface area contributed by atoms with Crippen LogP contribution in [-0.4, -0.2) is 22.9 Å². The van der Waals surface area contributed by atoms with Crippen molar-refractivity contribution in [2.45, 2.75) is 26.4 Å². The number of hydrogen-bond acceptors (Lipinski definition) is 4. The number of aliphatic hydroxyl groups is 1.